The monoisotopic (exact) mass is 1080 g/mol. The van der Waals surface area contributed by atoms with Gasteiger partial charge in [0.05, 0.1) is 40.3 Å². The van der Waals surface area contributed by atoms with Gasteiger partial charge in [-0.25, -0.2) is 0 Å². The molecule has 9 heteroatoms. The van der Waals surface area contributed by atoms with Crippen molar-refractivity contribution >= 4 is 17.9 Å². The molecule has 0 aliphatic heterocycles. The molecule has 0 saturated heterocycles. The number of quaternary nitrogens is 1. The van der Waals surface area contributed by atoms with Crippen molar-refractivity contribution in [2.24, 2.45) is 0 Å². The second-order valence-corrected chi connectivity index (χ2v) is 24.1. The number of aliphatic carboxylic acids is 1. The molecule has 76 heavy (non-hydrogen) atoms. The number of carboxylic acids is 1. The van der Waals surface area contributed by atoms with Crippen molar-refractivity contribution in [3.63, 3.8) is 0 Å². The van der Waals surface area contributed by atoms with Gasteiger partial charge in [-0.3, -0.25) is 9.59 Å². The molecule has 0 spiro atoms. The number of ether oxygens (including phenoxy) is 4. The van der Waals surface area contributed by atoms with Crippen LogP contribution in [0.4, 0.5) is 0 Å². The van der Waals surface area contributed by atoms with E-state index in [1.165, 1.54) is 276 Å². The van der Waals surface area contributed by atoms with Gasteiger partial charge in [0.25, 0.3) is 0 Å². The highest BCUT2D eigenvalue weighted by Crippen LogP contribution is 2.19. The number of likely N-dealkylation sites (N-methyl/N-ethyl adjacent to an activating group) is 1. The first-order chi connectivity index (χ1) is 37.1. The Kier molecular flexibility index (Phi) is 57.6. The second kappa shape index (κ2) is 59.2. The lowest BCUT2D eigenvalue weighted by Gasteiger charge is -2.26. The molecule has 9 nitrogen and oxygen atoms in total. The second-order valence-electron chi connectivity index (χ2n) is 24.1. The third-order valence-corrected chi connectivity index (χ3v) is 15.3. The van der Waals surface area contributed by atoms with Crippen molar-refractivity contribution < 1.29 is 42.9 Å². The topological polar surface area (TPSA) is 111 Å². The van der Waals surface area contributed by atoms with Crippen LogP contribution in [-0.4, -0.2) is 82.3 Å². The maximum atomic E-state index is 12.9. The molecule has 0 bridgehead atoms. The van der Waals surface area contributed by atoms with E-state index in [0.29, 0.717) is 17.4 Å². The molecule has 0 amide bonds. The van der Waals surface area contributed by atoms with E-state index < -0.39 is 24.3 Å². The molecule has 0 aliphatic rings. The van der Waals surface area contributed by atoms with Crippen molar-refractivity contribution in [3.05, 3.63) is 12.2 Å². The molecule has 0 fully saturated rings. The first-order valence-corrected chi connectivity index (χ1v) is 33.3. The zero-order valence-corrected chi connectivity index (χ0v) is 51.4. The van der Waals surface area contributed by atoms with E-state index in [4.69, 9.17) is 18.9 Å². The van der Waals surface area contributed by atoms with Crippen LogP contribution in [-0.2, 0) is 33.3 Å². The Balaban J connectivity index is 4.10. The number of esters is 2. The highest BCUT2D eigenvalue weighted by atomic mass is 16.7. The van der Waals surface area contributed by atoms with Crippen molar-refractivity contribution in [2.75, 3.05) is 47.5 Å². The maximum Gasteiger partial charge on any atom is 0.306 e. The summed E-state index contributed by atoms with van der Waals surface area (Å²) in [6.45, 7) is 4.83. The molecule has 0 N–H and O–H groups in total. The molecule has 2 atom stereocenters. The molecule has 2 unspecified atom stereocenters. The zero-order valence-electron chi connectivity index (χ0n) is 51.4. The summed E-state index contributed by atoms with van der Waals surface area (Å²) < 4.78 is 22.8. The Hall–Kier alpha value is -1.97. The van der Waals surface area contributed by atoms with E-state index in [1.54, 1.807) is 0 Å². The number of hydrogen-bond acceptors (Lipinski definition) is 8. The number of rotatable bonds is 63. The predicted octanol–water partition coefficient (Wildman–Crippen LogP) is 18.7. The fraction of sp³-hybridized carbons (Fsp3) is 0.925. The van der Waals surface area contributed by atoms with E-state index in [1.807, 2.05) is 21.1 Å². The van der Waals surface area contributed by atoms with Crippen molar-refractivity contribution in [1.82, 2.24) is 0 Å². The Bertz CT molecular complexity index is 1250. The highest BCUT2D eigenvalue weighted by molar-refractivity contribution is 5.70. The van der Waals surface area contributed by atoms with Crippen molar-refractivity contribution in [3.8, 4) is 0 Å². The van der Waals surface area contributed by atoms with Crippen LogP contribution in [0.25, 0.3) is 0 Å². The molecule has 0 aliphatic carbocycles. The normalized spacial score (nSPS) is 12.7. The van der Waals surface area contributed by atoms with Crippen LogP contribution < -0.4 is 5.11 Å². The summed E-state index contributed by atoms with van der Waals surface area (Å²) in [5.74, 6) is -2.25. The summed E-state index contributed by atoms with van der Waals surface area (Å²) in [6.07, 6.45) is 67.1. The smallest absolute Gasteiger partial charge is 0.306 e. The quantitative estimate of drug-likeness (QED) is 0.0195. The summed E-state index contributed by atoms with van der Waals surface area (Å²) in [5, 5.41) is 11.8. The number of hydrogen-bond donors (Lipinski definition) is 0. The zero-order chi connectivity index (χ0) is 55.5. The van der Waals surface area contributed by atoms with Crippen molar-refractivity contribution in [2.45, 2.75) is 354 Å². The molecule has 0 aromatic heterocycles. The van der Waals surface area contributed by atoms with Crippen LogP contribution in [0.15, 0.2) is 12.2 Å². The van der Waals surface area contributed by atoms with Gasteiger partial charge in [-0.15, -0.1) is 0 Å². The standard InChI is InChI=1S/C67H129NO8/c1-6-8-10-12-14-16-18-20-22-24-26-28-30-32-33-34-36-38-40-42-44-46-48-50-52-54-56-58-65(70)76-63(62-75-67(66(71)72)73-60-59-68(3,4)5)61-74-64(69)57-55-53-51-49-47-45-43-41-39-37-35-31-29-27-25-23-21-19-17-15-13-11-9-7-2/h24,26,63,67H,6-23,25,27-62H2,1-5H3/b26-24-. The van der Waals surface area contributed by atoms with E-state index in [2.05, 4.69) is 26.0 Å². The number of carboxylic acid groups (broad SMARTS) is 1. The van der Waals surface area contributed by atoms with E-state index in [9.17, 15) is 19.5 Å². The van der Waals surface area contributed by atoms with E-state index >= 15 is 0 Å². The van der Waals surface area contributed by atoms with Crippen LogP contribution in [0.1, 0.15) is 341 Å². The van der Waals surface area contributed by atoms with Crippen LogP contribution in [0, 0.1) is 0 Å². The maximum absolute atomic E-state index is 12.9. The van der Waals surface area contributed by atoms with Gasteiger partial charge in [0.1, 0.15) is 13.2 Å². The minimum absolute atomic E-state index is 0.152. The van der Waals surface area contributed by atoms with Crippen LogP contribution >= 0.6 is 0 Å². The lowest BCUT2D eigenvalue weighted by atomic mass is 10.0. The van der Waals surface area contributed by atoms with E-state index in [-0.39, 0.29) is 32.2 Å². The first kappa shape index (κ1) is 74.0. The molecule has 0 rings (SSSR count). The largest absolute Gasteiger partial charge is 0.545 e. The molecule has 0 heterocycles. The molecule has 450 valence electrons. The Morgan fingerprint density at radius 1 is 0.382 bits per heavy atom. The molecule has 0 aromatic carbocycles. The molecular formula is C67H129NO8. The number of unbranched alkanes of at least 4 members (excludes halogenated alkanes) is 46. The number of carbonyl (C=O) groups excluding carboxylic acids is 3. The first-order valence-electron chi connectivity index (χ1n) is 33.3. The summed E-state index contributed by atoms with van der Waals surface area (Å²) in [5.41, 5.74) is 0. The van der Waals surface area contributed by atoms with Gasteiger partial charge in [0, 0.05) is 12.8 Å². The van der Waals surface area contributed by atoms with Gasteiger partial charge in [-0.2, -0.15) is 0 Å². The molecule has 0 saturated carbocycles. The fourth-order valence-electron chi connectivity index (χ4n) is 10.1. The minimum atomic E-state index is -1.62. The fourth-order valence-corrected chi connectivity index (χ4v) is 10.1. The number of allylic oxidation sites excluding steroid dienone is 2. The third kappa shape index (κ3) is 59.7. The SMILES string of the molecule is CCCCCCCCCC/C=C\CCCCCCCCCCCCCCCCCC(=O)OC(COC(=O)CCCCCCCCCCCCCCCCCCCCCCCCCC)COC(OCC[N+](C)(C)C)C(=O)[O-]. The van der Waals surface area contributed by atoms with E-state index in [0.717, 1.165) is 38.5 Å². The van der Waals surface area contributed by atoms with Gasteiger partial charge in [0.2, 0.25) is 0 Å². The Morgan fingerprint density at radius 2 is 0.671 bits per heavy atom. The van der Waals surface area contributed by atoms with Gasteiger partial charge in [-0.1, -0.05) is 302 Å². The molecule has 0 aromatic rings. The van der Waals surface area contributed by atoms with Crippen molar-refractivity contribution in [1.29, 1.82) is 0 Å². The van der Waals surface area contributed by atoms with Crippen LogP contribution in [0.5, 0.6) is 0 Å². The lowest BCUT2D eigenvalue weighted by molar-refractivity contribution is -0.870. The Morgan fingerprint density at radius 3 is 0.974 bits per heavy atom. The molecule has 0 radical (unpaired) electrons. The Labute approximate surface area is 472 Å². The van der Waals surface area contributed by atoms with Gasteiger partial charge < -0.3 is 33.3 Å². The predicted molar refractivity (Wildman–Crippen MR) is 320 cm³/mol. The average Bonchev–Trinajstić information content (AvgIpc) is 3.39. The van der Waals surface area contributed by atoms with Crippen LogP contribution in [0.2, 0.25) is 0 Å². The third-order valence-electron chi connectivity index (χ3n) is 15.3. The minimum Gasteiger partial charge on any atom is -0.545 e. The summed E-state index contributed by atoms with van der Waals surface area (Å²) >= 11 is 0. The van der Waals surface area contributed by atoms with Gasteiger partial charge in [0.15, 0.2) is 12.4 Å². The number of nitrogens with zero attached hydrogens (tertiary/aromatic N) is 1. The average molecular weight is 1080 g/mol. The summed E-state index contributed by atoms with van der Waals surface area (Å²) in [4.78, 5) is 37.4. The summed E-state index contributed by atoms with van der Waals surface area (Å²) in [6, 6.07) is 0. The molecular weight excluding hydrogens is 947 g/mol. The van der Waals surface area contributed by atoms with Gasteiger partial charge in [-0.05, 0) is 38.5 Å². The lowest BCUT2D eigenvalue weighted by Crippen LogP contribution is -2.44. The highest BCUT2D eigenvalue weighted by Gasteiger charge is 2.22. The van der Waals surface area contributed by atoms with Crippen LogP contribution in [0.3, 0.4) is 0 Å². The number of carbonyl (C=O) groups is 3. The summed E-state index contributed by atoms with van der Waals surface area (Å²) in [7, 11) is 5.94. The van der Waals surface area contributed by atoms with Gasteiger partial charge >= 0.3 is 11.9 Å².